The van der Waals surface area contributed by atoms with Crippen LogP contribution in [0.25, 0.3) is 0 Å². The van der Waals surface area contributed by atoms with E-state index in [4.69, 9.17) is 4.74 Å². The third-order valence-electron chi connectivity index (χ3n) is 2.03. The van der Waals surface area contributed by atoms with Crippen LogP contribution >= 0.6 is 31.9 Å². The lowest BCUT2D eigenvalue weighted by atomic mass is 10.3. The SMILES string of the molecule is CNC(=O)NC(=O)C(C)Oc1ccc(Br)cc1Br. The van der Waals surface area contributed by atoms with E-state index in [1.165, 1.54) is 7.05 Å². The molecule has 1 atom stereocenters. The summed E-state index contributed by atoms with van der Waals surface area (Å²) in [4.78, 5) is 22.6. The van der Waals surface area contributed by atoms with Gasteiger partial charge in [0.25, 0.3) is 5.91 Å². The van der Waals surface area contributed by atoms with E-state index in [0.29, 0.717) is 5.75 Å². The summed E-state index contributed by atoms with van der Waals surface area (Å²) in [5, 5.41) is 4.43. The Morgan fingerprint density at radius 1 is 1.33 bits per heavy atom. The molecule has 0 saturated heterocycles. The van der Waals surface area contributed by atoms with Gasteiger partial charge in [-0.25, -0.2) is 4.79 Å². The maximum atomic E-state index is 11.6. The van der Waals surface area contributed by atoms with Crippen molar-refractivity contribution in [1.29, 1.82) is 0 Å². The van der Waals surface area contributed by atoms with Crippen LogP contribution in [0.1, 0.15) is 6.92 Å². The molecule has 3 amide bonds. The van der Waals surface area contributed by atoms with Gasteiger partial charge in [-0.1, -0.05) is 15.9 Å². The van der Waals surface area contributed by atoms with Crippen molar-refractivity contribution in [2.45, 2.75) is 13.0 Å². The summed E-state index contributed by atoms with van der Waals surface area (Å²) in [5.41, 5.74) is 0. The highest BCUT2D eigenvalue weighted by Gasteiger charge is 2.17. The van der Waals surface area contributed by atoms with Crippen molar-refractivity contribution >= 4 is 43.8 Å². The number of benzene rings is 1. The van der Waals surface area contributed by atoms with E-state index in [-0.39, 0.29) is 0 Å². The van der Waals surface area contributed by atoms with Gasteiger partial charge in [-0.3, -0.25) is 10.1 Å². The summed E-state index contributed by atoms with van der Waals surface area (Å²) < 4.78 is 7.06. The van der Waals surface area contributed by atoms with Gasteiger partial charge in [0.1, 0.15) is 5.75 Å². The van der Waals surface area contributed by atoms with Crippen molar-refractivity contribution in [2.24, 2.45) is 0 Å². The number of carbonyl (C=O) groups excluding carboxylic acids is 2. The molecular weight excluding hydrogens is 368 g/mol. The molecule has 0 bridgehead atoms. The minimum absolute atomic E-state index is 0.510. The van der Waals surface area contributed by atoms with Gasteiger partial charge in [-0.05, 0) is 41.1 Å². The Kier molecular flexibility index (Phi) is 5.61. The van der Waals surface area contributed by atoms with Crippen molar-refractivity contribution < 1.29 is 14.3 Å². The number of amides is 3. The van der Waals surface area contributed by atoms with E-state index >= 15 is 0 Å². The molecule has 0 radical (unpaired) electrons. The number of halogens is 2. The van der Waals surface area contributed by atoms with Gasteiger partial charge >= 0.3 is 6.03 Å². The first-order chi connectivity index (χ1) is 8.43. The van der Waals surface area contributed by atoms with Crippen LogP contribution in [0.5, 0.6) is 5.75 Å². The lowest BCUT2D eigenvalue weighted by Gasteiger charge is -2.15. The molecule has 1 unspecified atom stereocenters. The number of ether oxygens (including phenoxy) is 1. The van der Waals surface area contributed by atoms with E-state index < -0.39 is 18.0 Å². The average molecular weight is 380 g/mol. The van der Waals surface area contributed by atoms with Gasteiger partial charge in [0.15, 0.2) is 6.10 Å². The normalized spacial score (nSPS) is 11.6. The lowest BCUT2D eigenvalue weighted by Crippen LogP contribution is -2.43. The predicted octanol–water partition coefficient (Wildman–Crippen LogP) is 2.43. The molecule has 0 spiro atoms. The number of imide groups is 1. The van der Waals surface area contributed by atoms with E-state index in [9.17, 15) is 9.59 Å². The van der Waals surface area contributed by atoms with Crippen LogP contribution in [-0.4, -0.2) is 25.1 Å². The minimum atomic E-state index is -0.778. The maximum Gasteiger partial charge on any atom is 0.321 e. The van der Waals surface area contributed by atoms with Gasteiger partial charge in [-0.2, -0.15) is 0 Å². The molecule has 0 aliphatic carbocycles. The first kappa shape index (κ1) is 15.0. The van der Waals surface area contributed by atoms with Crippen LogP contribution in [-0.2, 0) is 4.79 Å². The molecule has 7 heteroatoms. The minimum Gasteiger partial charge on any atom is -0.480 e. The van der Waals surface area contributed by atoms with Crippen LogP contribution in [0.4, 0.5) is 4.79 Å². The van der Waals surface area contributed by atoms with Gasteiger partial charge < -0.3 is 10.1 Å². The first-order valence-corrected chi connectivity index (χ1v) is 6.67. The fourth-order valence-corrected chi connectivity index (χ4v) is 2.23. The molecule has 98 valence electrons. The van der Waals surface area contributed by atoms with Crippen molar-refractivity contribution in [3.8, 4) is 5.75 Å². The molecular formula is C11H12Br2N2O3. The standard InChI is InChI=1S/C11H12Br2N2O3/c1-6(10(16)15-11(17)14-2)18-9-4-3-7(12)5-8(9)13/h3-6H,1-2H3,(H2,14,15,16,17). The lowest BCUT2D eigenvalue weighted by molar-refractivity contribution is -0.126. The molecule has 2 N–H and O–H groups in total. The van der Waals surface area contributed by atoms with Crippen LogP contribution in [0.15, 0.2) is 27.1 Å². The van der Waals surface area contributed by atoms with E-state index in [1.54, 1.807) is 25.1 Å². The number of hydrogen-bond acceptors (Lipinski definition) is 3. The van der Waals surface area contributed by atoms with E-state index in [2.05, 4.69) is 42.5 Å². The molecule has 0 aromatic heterocycles. The highest BCUT2D eigenvalue weighted by Crippen LogP contribution is 2.28. The molecule has 5 nitrogen and oxygen atoms in total. The topological polar surface area (TPSA) is 67.4 Å². The third kappa shape index (κ3) is 4.30. The predicted molar refractivity (Wildman–Crippen MR) is 74.5 cm³/mol. The molecule has 0 fully saturated rings. The van der Waals surface area contributed by atoms with Crippen molar-refractivity contribution in [3.05, 3.63) is 27.1 Å². The third-order valence-corrected chi connectivity index (χ3v) is 3.14. The van der Waals surface area contributed by atoms with Crippen LogP contribution in [0.3, 0.4) is 0 Å². The van der Waals surface area contributed by atoms with Gasteiger partial charge in [-0.15, -0.1) is 0 Å². The molecule has 1 aromatic carbocycles. The van der Waals surface area contributed by atoms with Crippen molar-refractivity contribution in [1.82, 2.24) is 10.6 Å². The second-order valence-electron chi connectivity index (χ2n) is 3.40. The van der Waals surface area contributed by atoms with Crippen LogP contribution in [0, 0.1) is 0 Å². The Hall–Kier alpha value is -1.08. The van der Waals surface area contributed by atoms with E-state index in [1.807, 2.05) is 0 Å². The number of nitrogens with one attached hydrogen (secondary N) is 2. The van der Waals surface area contributed by atoms with Crippen LogP contribution < -0.4 is 15.4 Å². The highest BCUT2D eigenvalue weighted by molar-refractivity contribution is 9.11. The zero-order valence-corrected chi connectivity index (χ0v) is 13.0. The smallest absolute Gasteiger partial charge is 0.321 e. The van der Waals surface area contributed by atoms with Gasteiger partial charge in [0.2, 0.25) is 0 Å². The maximum absolute atomic E-state index is 11.6. The van der Waals surface area contributed by atoms with Gasteiger partial charge in [0.05, 0.1) is 4.47 Å². The molecule has 0 aliphatic heterocycles. The van der Waals surface area contributed by atoms with Gasteiger partial charge in [0, 0.05) is 11.5 Å². The molecule has 0 aliphatic rings. The number of rotatable bonds is 3. The van der Waals surface area contributed by atoms with Crippen LogP contribution in [0.2, 0.25) is 0 Å². The summed E-state index contributed by atoms with van der Waals surface area (Å²) in [6.07, 6.45) is -0.778. The molecule has 0 heterocycles. The molecule has 1 rings (SSSR count). The van der Waals surface area contributed by atoms with Crippen molar-refractivity contribution in [3.63, 3.8) is 0 Å². The Balaban J connectivity index is 2.66. The average Bonchev–Trinajstić information content (AvgIpc) is 2.32. The second kappa shape index (κ2) is 6.75. The Bertz CT molecular complexity index is 466. The fraction of sp³-hybridized carbons (Fsp3) is 0.273. The Labute approximate surface area is 122 Å². The Morgan fingerprint density at radius 3 is 2.56 bits per heavy atom. The first-order valence-electron chi connectivity index (χ1n) is 5.08. The molecule has 18 heavy (non-hydrogen) atoms. The number of urea groups is 1. The summed E-state index contributed by atoms with van der Waals surface area (Å²) in [6, 6.07) is 4.75. The fourth-order valence-electron chi connectivity index (χ4n) is 1.09. The summed E-state index contributed by atoms with van der Waals surface area (Å²) in [7, 11) is 1.43. The molecule has 0 saturated carbocycles. The second-order valence-corrected chi connectivity index (χ2v) is 5.17. The zero-order chi connectivity index (χ0) is 13.7. The monoisotopic (exact) mass is 378 g/mol. The Morgan fingerprint density at radius 2 is 2.00 bits per heavy atom. The summed E-state index contributed by atoms with van der Waals surface area (Å²) in [6.45, 7) is 1.56. The number of hydrogen-bond donors (Lipinski definition) is 2. The largest absolute Gasteiger partial charge is 0.480 e. The summed E-state index contributed by atoms with van der Waals surface area (Å²) >= 11 is 6.64. The zero-order valence-electron chi connectivity index (χ0n) is 9.79. The highest BCUT2D eigenvalue weighted by atomic mass is 79.9. The van der Waals surface area contributed by atoms with E-state index in [0.717, 1.165) is 8.95 Å². The summed E-state index contributed by atoms with van der Waals surface area (Å²) in [5.74, 6) is 0.0157. The quantitative estimate of drug-likeness (QED) is 0.847. The van der Waals surface area contributed by atoms with Crippen molar-refractivity contribution in [2.75, 3.05) is 7.05 Å². The molecule has 1 aromatic rings. The number of carbonyl (C=O) groups is 2.